The van der Waals surface area contributed by atoms with E-state index in [1.54, 1.807) is 6.07 Å². The van der Waals surface area contributed by atoms with E-state index in [0.717, 1.165) is 25.9 Å². The average molecular weight is 387 g/mol. The van der Waals surface area contributed by atoms with Crippen LogP contribution in [0.15, 0.2) is 24.3 Å². The van der Waals surface area contributed by atoms with Crippen LogP contribution in [-0.4, -0.2) is 65.7 Å². The topological polar surface area (TPSA) is 128 Å². The summed E-state index contributed by atoms with van der Waals surface area (Å²) in [4.78, 5) is 10.4. The first kappa shape index (κ1) is 25.4. The normalized spacial score (nSPS) is 14.0. The van der Waals surface area contributed by atoms with Gasteiger partial charge in [0.05, 0.1) is 13.2 Å². The molecule has 27 heavy (non-hydrogen) atoms. The van der Waals surface area contributed by atoms with Crippen molar-refractivity contribution in [3.63, 3.8) is 0 Å². The monoisotopic (exact) mass is 387 g/mol. The van der Waals surface area contributed by atoms with E-state index in [4.69, 9.17) is 21.1 Å². The molecule has 1 rings (SSSR count). The molecular formula is C19H34FN3O4. The number of aliphatic hydroxyl groups is 2. The summed E-state index contributed by atoms with van der Waals surface area (Å²) in [6, 6.07) is 5.18. The van der Waals surface area contributed by atoms with Crippen molar-refractivity contribution in [2.45, 2.75) is 51.2 Å². The first-order valence-electron chi connectivity index (χ1n) is 9.29. The molecule has 1 unspecified atom stereocenters. The maximum absolute atomic E-state index is 12.6. The van der Waals surface area contributed by atoms with Gasteiger partial charge in [0.25, 0.3) is 0 Å². The van der Waals surface area contributed by atoms with E-state index in [1.807, 2.05) is 13.8 Å². The minimum atomic E-state index is -1.08. The van der Waals surface area contributed by atoms with Crippen LogP contribution in [0.2, 0.25) is 0 Å². The third-order valence-electron chi connectivity index (χ3n) is 4.08. The van der Waals surface area contributed by atoms with E-state index in [-0.39, 0.29) is 37.5 Å². The van der Waals surface area contributed by atoms with Crippen LogP contribution in [0.4, 0.5) is 4.39 Å². The van der Waals surface area contributed by atoms with Gasteiger partial charge in [0.2, 0.25) is 0 Å². The van der Waals surface area contributed by atoms with Gasteiger partial charge >= 0.3 is 5.97 Å². The van der Waals surface area contributed by atoms with Crippen LogP contribution < -0.4 is 16.4 Å². The van der Waals surface area contributed by atoms with Gasteiger partial charge in [-0.2, -0.15) is 0 Å². The molecule has 1 aromatic rings. The zero-order chi connectivity index (χ0) is 20.7. The van der Waals surface area contributed by atoms with Crippen LogP contribution in [0.25, 0.3) is 0 Å². The molecular weight excluding hydrogens is 353 g/mol. The van der Waals surface area contributed by atoms with Crippen molar-refractivity contribution in [1.82, 2.24) is 10.6 Å². The number of carbonyl (C=O) groups is 1. The van der Waals surface area contributed by atoms with Crippen molar-refractivity contribution in [3.8, 4) is 0 Å². The first-order valence-corrected chi connectivity index (χ1v) is 9.29. The summed E-state index contributed by atoms with van der Waals surface area (Å²) in [5, 5.41) is 32.8. The highest BCUT2D eigenvalue weighted by Crippen LogP contribution is 2.05. The second kappa shape index (κ2) is 15.5. The first-order chi connectivity index (χ1) is 12.9. The van der Waals surface area contributed by atoms with Crippen molar-refractivity contribution >= 4 is 5.97 Å². The number of halogens is 1. The van der Waals surface area contributed by atoms with Gasteiger partial charge in [0, 0.05) is 25.2 Å². The Bertz CT molecular complexity index is 497. The number of hydrogen-bond donors (Lipinski definition) is 6. The molecule has 0 saturated heterocycles. The van der Waals surface area contributed by atoms with E-state index in [2.05, 4.69) is 10.6 Å². The number of aliphatic carboxylic acids is 1. The number of hydrogen-bond acceptors (Lipinski definition) is 6. The van der Waals surface area contributed by atoms with E-state index >= 15 is 0 Å². The molecule has 3 atom stereocenters. The largest absolute Gasteiger partial charge is 0.480 e. The molecule has 0 radical (unpaired) electrons. The van der Waals surface area contributed by atoms with Crippen molar-refractivity contribution in [3.05, 3.63) is 35.6 Å². The van der Waals surface area contributed by atoms with Crippen LogP contribution in [-0.2, 0) is 11.2 Å². The molecule has 0 aromatic heterocycles. The second-order valence-electron chi connectivity index (χ2n) is 6.26. The summed E-state index contributed by atoms with van der Waals surface area (Å²) < 4.78 is 12.6. The Morgan fingerprint density at radius 1 is 1.11 bits per heavy atom. The van der Waals surface area contributed by atoms with E-state index < -0.39 is 12.0 Å². The van der Waals surface area contributed by atoms with Gasteiger partial charge in [0.1, 0.15) is 11.9 Å². The van der Waals surface area contributed by atoms with Crippen LogP contribution in [0.3, 0.4) is 0 Å². The van der Waals surface area contributed by atoms with E-state index in [0.29, 0.717) is 5.56 Å². The van der Waals surface area contributed by atoms with Crippen LogP contribution >= 0.6 is 0 Å². The highest BCUT2D eigenvalue weighted by Gasteiger charge is 2.11. The zero-order valence-corrected chi connectivity index (χ0v) is 16.2. The smallest absolute Gasteiger partial charge is 0.320 e. The molecule has 7 nitrogen and oxygen atoms in total. The van der Waals surface area contributed by atoms with Gasteiger partial charge in [0.15, 0.2) is 0 Å². The number of carboxylic acid groups (broad SMARTS) is 1. The highest BCUT2D eigenvalue weighted by atomic mass is 19.1. The molecule has 0 fully saturated rings. The third kappa shape index (κ3) is 12.4. The third-order valence-corrected chi connectivity index (χ3v) is 4.08. The van der Waals surface area contributed by atoms with Gasteiger partial charge < -0.3 is 31.7 Å². The fourth-order valence-corrected chi connectivity index (χ4v) is 2.23. The Labute approximate surface area is 160 Å². The predicted molar refractivity (Wildman–Crippen MR) is 104 cm³/mol. The SMILES string of the molecule is CC[C@@H](CO)NCCN[C@@H](CC)CO.NC(Cc1cccc(F)c1)C(=O)O. The lowest BCUT2D eigenvalue weighted by molar-refractivity contribution is -0.138. The van der Waals surface area contributed by atoms with Gasteiger partial charge in [-0.1, -0.05) is 26.0 Å². The number of aliphatic hydroxyl groups excluding tert-OH is 2. The number of nitrogens with one attached hydrogen (secondary N) is 2. The number of rotatable bonds is 12. The molecule has 0 amide bonds. The summed E-state index contributed by atoms with van der Waals surface area (Å²) in [6.07, 6.45) is 2.02. The predicted octanol–water partition coefficient (Wildman–Crippen LogP) is 0.488. The standard InChI is InChI=1S/C10H24N2O2.C9H10FNO2/c1-3-9(7-13)11-5-6-12-10(4-2)8-14;10-7-3-1-2-6(4-7)5-8(11)9(12)13/h9-14H,3-8H2,1-2H3;1-4,8H,5,11H2,(H,12,13)/t9-,10-;/m0./s1. The molecule has 0 spiro atoms. The maximum atomic E-state index is 12.6. The average Bonchev–Trinajstić information content (AvgIpc) is 2.65. The Balaban J connectivity index is 0.000000501. The van der Waals surface area contributed by atoms with E-state index in [9.17, 15) is 9.18 Å². The van der Waals surface area contributed by atoms with Crippen molar-refractivity contribution < 1.29 is 24.5 Å². The Morgan fingerprint density at radius 2 is 1.63 bits per heavy atom. The van der Waals surface area contributed by atoms with Crippen LogP contribution in [0, 0.1) is 5.82 Å². The quantitative estimate of drug-likeness (QED) is 0.288. The summed E-state index contributed by atoms with van der Waals surface area (Å²) in [5.74, 6) is -1.46. The van der Waals surface area contributed by atoms with Crippen LogP contribution in [0.5, 0.6) is 0 Å². The zero-order valence-electron chi connectivity index (χ0n) is 16.2. The summed E-state index contributed by atoms with van der Waals surface area (Å²) in [5.41, 5.74) is 5.87. The summed E-state index contributed by atoms with van der Waals surface area (Å²) in [7, 11) is 0. The van der Waals surface area contributed by atoms with Gasteiger partial charge in [-0.15, -0.1) is 0 Å². The molecule has 0 aliphatic rings. The Hall–Kier alpha value is -1.58. The minimum Gasteiger partial charge on any atom is -0.480 e. The van der Waals surface area contributed by atoms with Gasteiger partial charge in [-0.25, -0.2) is 4.39 Å². The molecule has 0 heterocycles. The lowest BCUT2D eigenvalue weighted by Gasteiger charge is -2.17. The Morgan fingerprint density at radius 3 is 2.00 bits per heavy atom. The number of benzene rings is 1. The fraction of sp³-hybridized carbons (Fsp3) is 0.632. The lowest BCUT2D eigenvalue weighted by atomic mass is 10.1. The van der Waals surface area contributed by atoms with Crippen molar-refractivity contribution in [2.24, 2.45) is 5.73 Å². The van der Waals surface area contributed by atoms with Crippen molar-refractivity contribution in [1.29, 1.82) is 0 Å². The molecule has 0 aliphatic heterocycles. The molecule has 7 N–H and O–H groups in total. The molecule has 0 aliphatic carbocycles. The summed E-state index contributed by atoms with van der Waals surface area (Å²) >= 11 is 0. The number of carboxylic acids is 1. The lowest BCUT2D eigenvalue weighted by Crippen LogP contribution is -2.40. The summed E-state index contributed by atoms with van der Waals surface area (Å²) in [6.45, 7) is 6.13. The van der Waals surface area contributed by atoms with E-state index in [1.165, 1.54) is 18.2 Å². The Kier molecular flexibility index (Phi) is 14.6. The van der Waals surface area contributed by atoms with Gasteiger partial charge in [-0.3, -0.25) is 4.79 Å². The van der Waals surface area contributed by atoms with Crippen LogP contribution in [0.1, 0.15) is 32.3 Å². The molecule has 0 bridgehead atoms. The second-order valence-corrected chi connectivity index (χ2v) is 6.26. The van der Waals surface area contributed by atoms with Crippen molar-refractivity contribution in [2.75, 3.05) is 26.3 Å². The van der Waals surface area contributed by atoms with Gasteiger partial charge in [-0.05, 0) is 37.0 Å². The maximum Gasteiger partial charge on any atom is 0.320 e. The molecule has 0 saturated carbocycles. The molecule has 1 aromatic carbocycles. The minimum absolute atomic E-state index is 0.146. The molecule has 156 valence electrons. The highest BCUT2D eigenvalue weighted by molar-refractivity contribution is 5.73. The number of nitrogens with two attached hydrogens (primary N) is 1. The molecule has 8 heteroatoms. The fourth-order valence-electron chi connectivity index (χ4n) is 2.23.